The number of nitrogens with two attached hydrogens (primary N) is 1. The van der Waals surface area contributed by atoms with E-state index in [-0.39, 0.29) is 16.9 Å². The molecule has 5 nitrogen and oxygen atoms in total. The zero-order valence-electron chi connectivity index (χ0n) is 12.3. The first-order chi connectivity index (χ1) is 10.5. The molecule has 0 saturated carbocycles. The van der Waals surface area contributed by atoms with Crippen molar-refractivity contribution in [3.05, 3.63) is 52.3 Å². The number of halogens is 1. The molecule has 0 unspecified atom stereocenters. The van der Waals surface area contributed by atoms with Gasteiger partial charge in [-0.15, -0.1) is 0 Å². The fraction of sp³-hybridized carbons (Fsp3) is 0.188. The summed E-state index contributed by atoms with van der Waals surface area (Å²) >= 11 is 6.20. The Bertz CT molecular complexity index is 729. The summed E-state index contributed by atoms with van der Waals surface area (Å²) in [6.45, 7) is 1.46. The maximum Gasteiger partial charge on any atom is 0.221 e. The lowest BCUT2D eigenvalue weighted by Gasteiger charge is -2.11. The van der Waals surface area contributed by atoms with Crippen LogP contribution in [0.4, 0.5) is 5.95 Å². The van der Waals surface area contributed by atoms with Crippen LogP contribution in [0.3, 0.4) is 0 Å². The van der Waals surface area contributed by atoms with Gasteiger partial charge in [-0.05, 0) is 30.7 Å². The van der Waals surface area contributed by atoms with E-state index in [0.717, 1.165) is 11.3 Å². The number of aromatic nitrogens is 2. The highest BCUT2D eigenvalue weighted by molar-refractivity contribution is 6.30. The third-order valence-electron chi connectivity index (χ3n) is 3.04. The number of carbonyl (C=O) groups is 1. The molecule has 2 N–H and O–H groups in total. The van der Waals surface area contributed by atoms with Gasteiger partial charge < -0.3 is 10.5 Å². The van der Waals surface area contributed by atoms with E-state index < -0.39 is 0 Å². The van der Waals surface area contributed by atoms with Crippen LogP contribution in [0.25, 0.3) is 6.08 Å². The average molecular weight is 318 g/mol. The van der Waals surface area contributed by atoms with Crippen molar-refractivity contribution in [2.45, 2.75) is 13.3 Å². The van der Waals surface area contributed by atoms with Crippen molar-refractivity contribution in [3.8, 4) is 5.75 Å². The zero-order valence-corrected chi connectivity index (χ0v) is 13.1. The summed E-state index contributed by atoms with van der Waals surface area (Å²) in [7, 11) is 1.61. The van der Waals surface area contributed by atoms with Crippen molar-refractivity contribution in [2.75, 3.05) is 12.8 Å². The molecule has 2 rings (SSSR count). The van der Waals surface area contributed by atoms with Crippen LogP contribution in [-0.4, -0.2) is 22.9 Å². The number of ether oxygens (including phenoxy) is 1. The van der Waals surface area contributed by atoms with Crippen LogP contribution in [0.1, 0.15) is 23.7 Å². The quantitative estimate of drug-likeness (QED) is 0.677. The Morgan fingerprint density at radius 2 is 2.09 bits per heavy atom. The fourth-order valence-electron chi connectivity index (χ4n) is 2.03. The van der Waals surface area contributed by atoms with Crippen molar-refractivity contribution >= 4 is 29.4 Å². The normalized spacial score (nSPS) is 10.9. The molecule has 2 aromatic rings. The number of para-hydroxylation sites is 1. The van der Waals surface area contributed by atoms with E-state index in [9.17, 15) is 4.79 Å². The molecular weight excluding hydrogens is 302 g/mol. The minimum Gasteiger partial charge on any atom is -0.496 e. The second kappa shape index (κ2) is 7.04. The highest BCUT2D eigenvalue weighted by Crippen LogP contribution is 2.27. The number of benzene rings is 1. The monoisotopic (exact) mass is 317 g/mol. The number of allylic oxidation sites excluding steroid dienone is 1. The Morgan fingerprint density at radius 3 is 2.77 bits per heavy atom. The summed E-state index contributed by atoms with van der Waals surface area (Å²) in [5.41, 5.74) is 7.80. The third-order valence-corrected chi connectivity index (χ3v) is 3.35. The predicted molar refractivity (Wildman–Crippen MR) is 87.0 cm³/mol. The van der Waals surface area contributed by atoms with Crippen LogP contribution in [-0.2, 0) is 11.2 Å². The molecule has 0 aliphatic carbocycles. The van der Waals surface area contributed by atoms with Crippen molar-refractivity contribution in [1.29, 1.82) is 0 Å². The van der Waals surface area contributed by atoms with Gasteiger partial charge in [0.05, 0.1) is 12.8 Å². The maximum atomic E-state index is 11.1. The van der Waals surface area contributed by atoms with E-state index in [1.807, 2.05) is 24.3 Å². The Morgan fingerprint density at radius 1 is 1.36 bits per heavy atom. The Labute approximate surface area is 133 Å². The molecule has 0 aliphatic heterocycles. The van der Waals surface area contributed by atoms with Crippen LogP contribution in [0.15, 0.2) is 30.3 Å². The number of nitrogen functional groups attached to an aromatic ring is 1. The summed E-state index contributed by atoms with van der Waals surface area (Å²) in [5, 5.41) is 0.265. The number of anilines is 1. The Balaban J connectivity index is 2.47. The molecule has 0 aliphatic rings. The maximum absolute atomic E-state index is 11.1. The van der Waals surface area contributed by atoms with E-state index in [1.165, 1.54) is 13.0 Å². The van der Waals surface area contributed by atoms with Crippen LogP contribution in [0.5, 0.6) is 5.75 Å². The predicted octanol–water partition coefficient (Wildman–Crippen LogP) is 2.91. The number of ketones is 1. The van der Waals surface area contributed by atoms with Crippen molar-refractivity contribution in [3.63, 3.8) is 0 Å². The number of nitrogens with zero attached hydrogens (tertiary/aromatic N) is 2. The molecule has 0 atom stereocenters. The molecule has 1 aromatic heterocycles. The van der Waals surface area contributed by atoms with Crippen LogP contribution in [0, 0.1) is 0 Å². The number of hydrogen-bond acceptors (Lipinski definition) is 5. The Kier molecular flexibility index (Phi) is 5.12. The van der Waals surface area contributed by atoms with Gasteiger partial charge in [0.1, 0.15) is 10.9 Å². The molecule has 1 aromatic carbocycles. The molecule has 0 amide bonds. The van der Waals surface area contributed by atoms with Gasteiger partial charge in [0.2, 0.25) is 5.95 Å². The van der Waals surface area contributed by atoms with E-state index in [4.69, 9.17) is 22.1 Å². The van der Waals surface area contributed by atoms with Gasteiger partial charge in [0, 0.05) is 12.0 Å². The molecule has 114 valence electrons. The number of rotatable bonds is 5. The largest absolute Gasteiger partial charge is 0.496 e. The molecular formula is C16H16ClN3O2. The fourth-order valence-corrected chi connectivity index (χ4v) is 2.28. The van der Waals surface area contributed by atoms with Crippen LogP contribution < -0.4 is 10.5 Å². The molecule has 0 saturated heterocycles. The second-order valence-corrected chi connectivity index (χ2v) is 5.03. The van der Waals surface area contributed by atoms with E-state index in [1.54, 1.807) is 13.2 Å². The van der Waals surface area contributed by atoms with E-state index in [0.29, 0.717) is 17.7 Å². The van der Waals surface area contributed by atoms with Gasteiger partial charge in [-0.3, -0.25) is 4.79 Å². The standard InChI is InChI=1S/C16H16ClN3O2/c1-10(21)7-8-13-12(15(17)20-16(18)19-13)9-11-5-3-4-6-14(11)22-2/h3-8H,9H2,1-2H3,(H2,18,19,20)/b8-7+. The molecule has 1 heterocycles. The van der Waals surface area contributed by atoms with Crippen molar-refractivity contribution in [2.24, 2.45) is 0 Å². The average Bonchev–Trinajstić information content (AvgIpc) is 2.48. The number of methoxy groups -OCH3 is 1. The second-order valence-electron chi connectivity index (χ2n) is 4.67. The first-order valence-corrected chi connectivity index (χ1v) is 7.01. The van der Waals surface area contributed by atoms with Gasteiger partial charge >= 0.3 is 0 Å². The molecule has 0 spiro atoms. The summed E-state index contributed by atoms with van der Waals surface area (Å²) in [6, 6.07) is 7.60. The highest BCUT2D eigenvalue weighted by Gasteiger charge is 2.13. The summed E-state index contributed by atoms with van der Waals surface area (Å²) in [4.78, 5) is 19.3. The lowest BCUT2D eigenvalue weighted by Crippen LogP contribution is -2.04. The van der Waals surface area contributed by atoms with Gasteiger partial charge in [-0.1, -0.05) is 29.8 Å². The van der Waals surface area contributed by atoms with Gasteiger partial charge in [0.25, 0.3) is 0 Å². The summed E-state index contributed by atoms with van der Waals surface area (Å²) in [6.07, 6.45) is 3.49. The van der Waals surface area contributed by atoms with Crippen molar-refractivity contribution in [1.82, 2.24) is 9.97 Å². The lowest BCUT2D eigenvalue weighted by molar-refractivity contribution is -0.112. The van der Waals surface area contributed by atoms with Crippen LogP contribution in [0.2, 0.25) is 5.15 Å². The summed E-state index contributed by atoms with van der Waals surface area (Å²) < 4.78 is 5.34. The van der Waals surface area contributed by atoms with Gasteiger partial charge in [-0.25, -0.2) is 9.97 Å². The molecule has 6 heteroatoms. The Hall–Kier alpha value is -2.40. The summed E-state index contributed by atoms with van der Waals surface area (Å²) in [5.74, 6) is 0.727. The zero-order chi connectivity index (χ0) is 16.1. The van der Waals surface area contributed by atoms with Gasteiger partial charge in [0.15, 0.2) is 5.78 Å². The topological polar surface area (TPSA) is 78.1 Å². The first kappa shape index (κ1) is 16.0. The lowest BCUT2D eigenvalue weighted by atomic mass is 10.0. The third kappa shape index (κ3) is 3.83. The minimum absolute atomic E-state index is 0.0666. The first-order valence-electron chi connectivity index (χ1n) is 6.63. The molecule has 0 bridgehead atoms. The van der Waals surface area contributed by atoms with E-state index >= 15 is 0 Å². The highest BCUT2D eigenvalue weighted by atomic mass is 35.5. The minimum atomic E-state index is -0.0865. The van der Waals surface area contributed by atoms with E-state index in [2.05, 4.69) is 9.97 Å². The molecule has 22 heavy (non-hydrogen) atoms. The smallest absolute Gasteiger partial charge is 0.221 e. The number of hydrogen-bond donors (Lipinski definition) is 1. The van der Waals surface area contributed by atoms with Gasteiger partial charge in [-0.2, -0.15) is 0 Å². The number of carbonyl (C=O) groups excluding carboxylic acids is 1. The van der Waals surface area contributed by atoms with Crippen LogP contribution >= 0.6 is 11.6 Å². The molecule has 0 fully saturated rings. The SMILES string of the molecule is COc1ccccc1Cc1c(Cl)nc(N)nc1/C=C/C(C)=O. The molecule has 0 radical (unpaired) electrons. The van der Waals surface area contributed by atoms with Crippen molar-refractivity contribution < 1.29 is 9.53 Å².